The van der Waals surface area contributed by atoms with Crippen LogP contribution in [0.2, 0.25) is 0 Å². The van der Waals surface area contributed by atoms with E-state index in [2.05, 4.69) is 10.1 Å². The Hall–Kier alpha value is -1.49. The number of nitrogens with one attached hydrogen (secondary N) is 1. The Bertz CT molecular complexity index is 389. The normalized spacial score (nSPS) is 14.2. The van der Waals surface area contributed by atoms with E-state index in [0.717, 1.165) is 0 Å². The Morgan fingerprint density at radius 2 is 1.82 bits per heavy atom. The quantitative estimate of drug-likeness (QED) is 0.824. The van der Waals surface area contributed by atoms with Crippen LogP contribution in [-0.4, -0.2) is 19.1 Å². The molecule has 0 saturated carbocycles. The monoisotopic (exact) mass is 243 g/mol. The number of hydrogen-bond donors (Lipinski definition) is 1. The molecule has 0 spiro atoms. The molecule has 1 aromatic rings. The molecule has 0 amide bonds. The van der Waals surface area contributed by atoms with Gasteiger partial charge in [0, 0.05) is 11.6 Å². The van der Waals surface area contributed by atoms with Crippen LogP contribution in [0.4, 0.5) is 8.78 Å². The van der Waals surface area contributed by atoms with Crippen LogP contribution in [0.5, 0.6) is 0 Å². The number of carbonyl (C=O) groups excluding carboxylic acids is 1. The maximum Gasteiger partial charge on any atom is 0.322 e. The van der Waals surface area contributed by atoms with Crippen molar-refractivity contribution < 1.29 is 18.3 Å². The third-order valence-corrected chi connectivity index (χ3v) is 2.49. The summed E-state index contributed by atoms with van der Waals surface area (Å²) in [5, 5.41) is 2.77. The van der Waals surface area contributed by atoms with Crippen LogP contribution < -0.4 is 5.32 Å². The number of benzene rings is 1. The SMILES string of the molecule is COC(=O)[C@H](C)NC(C)c1c(F)cccc1F. The third-order valence-electron chi connectivity index (χ3n) is 2.49. The molecule has 0 saturated heterocycles. The average Bonchev–Trinajstić information content (AvgIpc) is 2.27. The minimum Gasteiger partial charge on any atom is -0.468 e. The van der Waals surface area contributed by atoms with E-state index in [1.807, 2.05) is 0 Å². The lowest BCUT2D eigenvalue weighted by molar-refractivity contribution is -0.142. The van der Waals surface area contributed by atoms with Gasteiger partial charge >= 0.3 is 5.97 Å². The highest BCUT2D eigenvalue weighted by Gasteiger charge is 2.20. The second-order valence-corrected chi connectivity index (χ2v) is 3.77. The first-order valence-electron chi connectivity index (χ1n) is 5.25. The molecule has 0 bridgehead atoms. The molecule has 1 rings (SSSR count). The van der Waals surface area contributed by atoms with Crippen molar-refractivity contribution in [2.24, 2.45) is 0 Å². The van der Waals surface area contributed by atoms with Gasteiger partial charge in [-0.05, 0) is 26.0 Å². The van der Waals surface area contributed by atoms with Gasteiger partial charge in [-0.3, -0.25) is 10.1 Å². The highest BCUT2D eigenvalue weighted by atomic mass is 19.1. The molecule has 0 radical (unpaired) electrons. The summed E-state index contributed by atoms with van der Waals surface area (Å²) in [5.74, 6) is -1.75. The van der Waals surface area contributed by atoms with E-state index in [9.17, 15) is 13.6 Å². The number of hydrogen-bond acceptors (Lipinski definition) is 3. The van der Waals surface area contributed by atoms with Crippen molar-refractivity contribution in [1.29, 1.82) is 0 Å². The Balaban J connectivity index is 2.83. The Morgan fingerprint density at radius 1 is 1.29 bits per heavy atom. The lowest BCUT2D eigenvalue weighted by Crippen LogP contribution is -2.37. The van der Waals surface area contributed by atoms with Gasteiger partial charge in [-0.1, -0.05) is 6.07 Å². The number of rotatable bonds is 4. The van der Waals surface area contributed by atoms with Gasteiger partial charge in [0.05, 0.1) is 7.11 Å². The van der Waals surface area contributed by atoms with E-state index in [1.165, 1.54) is 25.3 Å². The van der Waals surface area contributed by atoms with Gasteiger partial charge in [0.1, 0.15) is 17.7 Å². The van der Waals surface area contributed by atoms with E-state index in [4.69, 9.17) is 0 Å². The summed E-state index contributed by atoms with van der Waals surface area (Å²) in [4.78, 5) is 11.2. The summed E-state index contributed by atoms with van der Waals surface area (Å²) >= 11 is 0. The van der Waals surface area contributed by atoms with Crippen LogP contribution in [0.1, 0.15) is 25.5 Å². The molecular formula is C12H15F2NO2. The fraction of sp³-hybridized carbons (Fsp3) is 0.417. The molecule has 5 heteroatoms. The minimum absolute atomic E-state index is 0.0803. The summed E-state index contributed by atoms with van der Waals surface area (Å²) in [5.41, 5.74) is -0.0803. The molecule has 2 atom stereocenters. The molecule has 17 heavy (non-hydrogen) atoms. The molecule has 1 N–H and O–H groups in total. The van der Waals surface area contributed by atoms with Gasteiger partial charge in [0.25, 0.3) is 0 Å². The summed E-state index contributed by atoms with van der Waals surface area (Å²) in [6.45, 7) is 3.15. The highest BCUT2D eigenvalue weighted by Crippen LogP contribution is 2.20. The highest BCUT2D eigenvalue weighted by molar-refractivity contribution is 5.75. The van der Waals surface area contributed by atoms with Crippen LogP contribution in [0.25, 0.3) is 0 Å². The summed E-state index contributed by atoms with van der Waals surface area (Å²) in [6, 6.07) is 2.41. The predicted molar refractivity (Wildman–Crippen MR) is 59.4 cm³/mol. The van der Waals surface area contributed by atoms with Crippen LogP contribution >= 0.6 is 0 Å². The second-order valence-electron chi connectivity index (χ2n) is 3.77. The average molecular weight is 243 g/mol. The van der Waals surface area contributed by atoms with Crippen LogP contribution in [0.15, 0.2) is 18.2 Å². The fourth-order valence-corrected chi connectivity index (χ4v) is 1.63. The zero-order valence-electron chi connectivity index (χ0n) is 9.96. The van der Waals surface area contributed by atoms with Crippen molar-refractivity contribution in [3.63, 3.8) is 0 Å². The summed E-state index contributed by atoms with van der Waals surface area (Å²) in [7, 11) is 1.26. The van der Waals surface area contributed by atoms with E-state index >= 15 is 0 Å². The number of esters is 1. The molecule has 1 aromatic carbocycles. The zero-order valence-corrected chi connectivity index (χ0v) is 9.96. The van der Waals surface area contributed by atoms with Gasteiger partial charge in [0.15, 0.2) is 0 Å². The lowest BCUT2D eigenvalue weighted by atomic mass is 10.1. The molecule has 0 fully saturated rings. The van der Waals surface area contributed by atoms with Crippen LogP contribution in [-0.2, 0) is 9.53 Å². The van der Waals surface area contributed by atoms with Gasteiger partial charge in [0.2, 0.25) is 0 Å². The van der Waals surface area contributed by atoms with Crippen molar-refractivity contribution in [3.05, 3.63) is 35.4 Å². The van der Waals surface area contributed by atoms with Crippen LogP contribution in [0, 0.1) is 11.6 Å². The Labute approximate surface area is 98.8 Å². The van der Waals surface area contributed by atoms with Crippen molar-refractivity contribution in [2.75, 3.05) is 7.11 Å². The third kappa shape index (κ3) is 3.23. The van der Waals surface area contributed by atoms with Crippen molar-refractivity contribution >= 4 is 5.97 Å². The number of ether oxygens (including phenoxy) is 1. The molecule has 1 unspecified atom stereocenters. The summed E-state index contributed by atoms with van der Waals surface area (Å²) < 4.78 is 31.4. The molecule has 3 nitrogen and oxygen atoms in total. The molecule has 94 valence electrons. The number of carbonyl (C=O) groups is 1. The molecule has 0 aliphatic heterocycles. The van der Waals surface area contributed by atoms with Crippen molar-refractivity contribution in [3.8, 4) is 0 Å². The van der Waals surface area contributed by atoms with Crippen molar-refractivity contribution in [1.82, 2.24) is 5.32 Å². The first kappa shape index (κ1) is 13.6. The molecule has 0 aliphatic rings. The molecular weight excluding hydrogens is 228 g/mol. The van der Waals surface area contributed by atoms with Gasteiger partial charge < -0.3 is 4.74 Å². The second kappa shape index (κ2) is 5.72. The lowest BCUT2D eigenvalue weighted by Gasteiger charge is -2.19. The Kier molecular flexibility index (Phi) is 4.57. The zero-order chi connectivity index (χ0) is 13.0. The van der Waals surface area contributed by atoms with Gasteiger partial charge in [-0.2, -0.15) is 0 Å². The van der Waals surface area contributed by atoms with E-state index in [-0.39, 0.29) is 5.56 Å². The first-order valence-corrected chi connectivity index (χ1v) is 5.25. The van der Waals surface area contributed by atoms with E-state index < -0.39 is 29.7 Å². The maximum atomic E-state index is 13.4. The summed E-state index contributed by atoms with van der Waals surface area (Å²) in [6.07, 6.45) is 0. The minimum atomic E-state index is -0.637. The molecule has 0 heterocycles. The van der Waals surface area contributed by atoms with Crippen LogP contribution in [0.3, 0.4) is 0 Å². The maximum absolute atomic E-state index is 13.4. The first-order chi connectivity index (χ1) is 7.97. The van der Waals surface area contributed by atoms with E-state index in [1.54, 1.807) is 13.8 Å². The van der Waals surface area contributed by atoms with Gasteiger partial charge in [-0.25, -0.2) is 8.78 Å². The largest absolute Gasteiger partial charge is 0.468 e. The van der Waals surface area contributed by atoms with E-state index in [0.29, 0.717) is 0 Å². The number of methoxy groups -OCH3 is 1. The molecule has 0 aliphatic carbocycles. The number of halogens is 2. The predicted octanol–water partition coefficient (Wildman–Crippen LogP) is 2.18. The molecule has 0 aromatic heterocycles. The van der Waals surface area contributed by atoms with Crippen molar-refractivity contribution in [2.45, 2.75) is 25.9 Å². The van der Waals surface area contributed by atoms with Gasteiger partial charge in [-0.15, -0.1) is 0 Å². The fourth-order valence-electron chi connectivity index (χ4n) is 1.63. The standard InChI is InChI=1S/C12H15F2NO2/c1-7(15-8(2)12(16)17-3)11-9(13)5-4-6-10(11)14/h4-8,15H,1-3H3/t7?,8-/m0/s1. The topological polar surface area (TPSA) is 38.3 Å². The smallest absolute Gasteiger partial charge is 0.322 e. The Morgan fingerprint density at radius 3 is 2.29 bits per heavy atom.